The van der Waals surface area contributed by atoms with E-state index < -0.39 is 105 Å². The molecule has 1 N–H and O–H groups in total. The zero-order valence-electron chi connectivity index (χ0n) is 27.3. The molecule has 4 fully saturated rings. The van der Waals surface area contributed by atoms with Crippen molar-refractivity contribution in [3.63, 3.8) is 0 Å². The van der Waals surface area contributed by atoms with Crippen LogP contribution in [-0.4, -0.2) is 73.5 Å². The molecule has 1 spiro atoms. The van der Waals surface area contributed by atoms with Crippen molar-refractivity contribution >= 4 is 10.1 Å². The second-order valence-electron chi connectivity index (χ2n) is 14.8. The van der Waals surface area contributed by atoms with Crippen LogP contribution in [0.15, 0.2) is 35.9 Å². The van der Waals surface area contributed by atoms with E-state index in [4.69, 9.17) is 9.47 Å². The Morgan fingerprint density at radius 3 is 1.92 bits per heavy atom. The molecule has 1 aliphatic heterocycles. The Morgan fingerprint density at radius 2 is 1.38 bits per heavy atom. The second kappa shape index (κ2) is 12.1. The van der Waals surface area contributed by atoms with Gasteiger partial charge in [-0.1, -0.05) is 30.7 Å². The SMILES string of the molecule is C[C@]12C[C@H](c3ccc(OS(=O)(=O)C(F)(F)C(F)(F)C(F)(F)C(F)(F)F)cc3)[C@H]3[C@@H](CC=C4CC5(CC[C@@H]43)OCCO5)[C@@H]1CC[C@@]2(O)C(F)(F)C(F)(F)F. The summed E-state index contributed by atoms with van der Waals surface area (Å²) in [6, 6.07) is 3.04. The van der Waals surface area contributed by atoms with Crippen molar-refractivity contribution in [3.05, 3.63) is 41.5 Å². The van der Waals surface area contributed by atoms with E-state index in [1.54, 1.807) is 0 Å². The van der Waals surface area contributed by atoms with Gasteiger partial charge in [0.15, 0.2) is 5.79 Å². The first kappa shape index (κ1) is 40.3. The average Bonchev–Trinajstić information content (AvgIpc) is 3.60. The lowest BCUT2D eigenvalue weighted by Gasteiger charge is -2.59. The van der Waals surface area contributed by atoms with E-state index in [9.17, 15) is 66.2 Å². The number of alkyl halides is 14. The zero-order chi connectivity index (χ0) is 39.6. The Labute approximate surface area is 292 Å². The van der Waals surface area contributed by atoms with E-state index in [1.165, 1.54) is 0 Å². The molecule has 1 heterocycles. The quantitative estimate of drug-likeness (QED) is 0.169. The van der Waals surface area contributed by atoms with Gasteiger partial charge in [-0.05, 0) is 79.4 Å². The van der Waals surface area contributed by atoms with Crippen molar-refractivity contribution in [1.29, 1.82) is 0 Å². The summed E-state index contributed by atoms with van der Waals surface area (Å²) < 4.78 is 233. The summed E-state index contributed by atoms with van der Waals surface area (Å²) in [5.41, 5.74) is -4.71. The Bertz CT molecular complexity index is 1720. The summed E-state index contributed by atoms with van der Waals surface area (Å²) in [4.78, 5) is 0. The van der Waals surface area contributed by atoms with Crippen LogP contribution >= 0.6 is 0 Å². The van der Waals surface area contributed by atoms with Crippen LogP contribution in [0.4, 0.5) is 61.5 Å². The normalized spacial score (nSPS) is 34.0. The fraction of sp³-hybridized carbons (Fsp3) is 0.750. The number of hydrogen-bond donors (Lipinski definition) is 1. The predicted molar refractivity (Wildman–Crippen MR) is 153 cm³/mol. The van der Waals surface area contributed by atoms with Gasteiger partial charge < -0.3 is 18.8 Å². The van der Waals surface area contributed by atoms with Crippen molar-refractivity contribution in [2.24, 2.45) is 29.1 Å². The summed E-state index contributed by atoms with van der Waals surface area (Å²) >= 11 is 0. The molecule has 0 amide bonds. The summed E-state index contributed by atoms with van der Waals surface area (Å²) in [6.07, 6.45) is -11.8. The minimum atomic E-state index is -7.55. The molecule has 7 atom stereocenters. The lowest BCUT2D eigenvalue weighted by molar-refractivity contribution is -0.382. The summed E-state index contributed by atoms with van der Waals surface area (Å²) in [6.45, 7) is 1.79. The number of allylic oxidation sites excluding steroid dienone is 1. The zero-order valence-corrected chi connectivity index (χ0v) is 28.1. The van der Waals surface area contributed by atoms with Crippen molar-refractivity contribution in [2.75, 3.05) is 13.2 Å². The smallest absolute Gasteiger partial charge is 0.383 e. The van der Waals surface area contributed by atoms with E-state index in [1.807, 2.05) is 6.08 Å². The van der Waals surface area contributed by atoms with Gasteiger partial charge in [-0.3, -0.25) is 0 Å². The highest BCUT2D eigenvalue weighted by Gasteiger charge is 2.86. The number of benzene rings is 1. The maximum absolute atomic E-state index is 15.2. The summed E-state index contributed by atoms with van der Waals surface area (Å²) in [5, 5.41) is 4.26. The van der Waals surface area contributed by atoms with Crippen LogP contribution in [0.25, 0.3) is 0 Å². The van der Waals surface area contributed by atoms with Gasteiger partial charge in [-0.25, -0.2) is 0 Å². The van der Waals surface area contributed by atoms with Crippen molar-refractivity contribution < 1.29 is 88.6 Å². The first-order chi connectivity index (χ1) is 24.0. The number of aliphatic hydroxyl groups is 1. The summed E-state index contributed by atoms with van der Waals surface area (Å²) in [5.74, 6) is -26.0. The van der Waals surface area contributed by atoms with Crippen LogP contribution in [0.1, 0.15) is 63.4 Å². The number of halogens is 14. The van der Waals surface area contributed by atoms with Crippen LogP contribution in [0.5, 0.6) is 5.75 Å². The standard InChI is InChI=1S/C32H32F14O6S/c1-24-15-21(16-2-5-18(6-3-16)52-53(48,49)32(45,46)29(37,38)28(35,36)31(42,43)44)23-19-8-10-25(50-12-13-51-25)14-17(19)4-7-20(23)22(24)9-11-26(24,47)27(33,34)30(39,40)41/h2-6,19-23,47H,7-15H2,1H3/t19-,20-,21+,22-,23+,24-,26-/m0/s1. The van der Waals surface area contributed by atoms with E-state index in [-0.39, 0.29) is 24.3 Å². The maximum Gasteiger partial charge on any atom is 0.460 e. The molecule has 1 saturated heterocycles. The molecule has 6 nitrogen and oxygen atoms in total. The molecule has 21 heteroatoms. The molecule has 53 heavy (non-hydrogen) atoms. The topological polar surface area (TPSA) is 82.1 Å². The lowest BCUT2D eigenvalue weighted by Crippen LogP contribution is -2.66. The van der Waals surface area contributed by atoms with Crippen molar-refractivity contribution in [3.8, 4) is 5.75 Å². The monoisotopic (exact) mass is 810 g/mol. The van der Waals surface area contributed by atoms with Gasteiger partial charge in [-0.2, -0.15) is 69.9 Å². The first-order valence-electron chi connectivity index (χ1n) is 16.4. The lowest BCUT2D eigenvalue weighted by atomic mass is 9.46. The molecule has 300 valence electrons. The predicted octanol–water partition coefficient (Wildman–Crippen LogP) is 8.76. The average molecular weight is 811 g/mol. The molecule has 6 rings (SSSR count). The second-order valence-corrected chi connectivity index (χ2v) is 16.3. The molecule has 4 aliphatic carbocycles. The van der Waals surface area contributed by atoms with Gasteiger partial charge in [0, 0.05) is 18.3 Å². The highest BCUT2D eigenvalue weighted by molar-refractivity contribution is 7.88. The third-order valence-electron chi connectivity index (χ3n) is 12.2. The number of hydrogen-bond acceptors (Lipinski definition) is 6. The van der Waals surface area contributed by atoms with Gasteiger partial charge >= 0.3 is 45.5 Å². The van der Waals surface area contributed by atoms with Crippen LogP contribution in [0, 0.1) is 29.1 Å². The molecule has 1 aromatic carbocycles. The van der Waals surface area contributed by atoms with E-state index in [2.05, 4.69) is 4.18 Å². The van der Waals surface area contributed by atoms with Crippen LogP contribution < -0.4 is 4.18 Å². The molecule has 5 aliphatic rings. The Balaban J connectivity index is 1.36. The third-order valence-corrected chi connectivity index (χ3v) is 13.5. The highest BCUT2D eigenvalue weighted by Crippen LogP contribution is 2.71. The molecule has 0 radical (unpaired) electrons. The van der Waals surface area contributed by atoms with Gasteiger partial charge in [-0.15, -0.1) is 0 Å². The largest absolute Gasteiger partial charge is 0.460 e. The molecule has 1 aromatic rings. The fourth-order valence-electron chi connectivity index (χ4n) is 9.68. The van der Waals surface area contributed by atoms with Crippen LogP contribution in [-0.2, 0) is 19.6 Å². The maximum atomic E-state index is 15.2. The minimum Gasteiger partial charge on any atom is -0.383 e. The van der Waals surface area contributed by atoms with Crippen molar-refractivity contribution in [1.82, 2.24) is 0 Å². The van der Waals surface area contributed by atoms with E-state index in [0.717, 1.165) is 24.6 Å². The molecule has 0 bridgehead atoms. The number of rotatable bonds is 7. The summed E-state index contributed by atoms with van der Waals surface area (Å²) in [7, 11) is -7.28. The van der Waals surface area contributed by atoms with Gasteiger partial charge in [0.05, 0.1) is 13.2 Å². The molecule has 0 unspecified atom stereocenters. The molecule has 0 aromatic heterocycles. The Hall–Kier alpha value is -2.39. The van der Waals surface area contributed by atoms with Crippen LogP contribution in [0.2, 0.25) is 0 Å². The molecular weight excluding hydrogens is 778 g/mol. The van der Waals surface area contributed by atoms with Gasteiger partial charge in [0.1, 0.15) is 11.4 Å². The molecular formula is C32H32F14O6S. The minimum absolute atomic E-state index is 0.0876. The number of ether oxygens (including phenoxy) is 2. The number of fused-ring (bicyclic) bond motifs is 5. The Morgan fingerprint density at radius 1 is 0.792 bits per heavy atom. The third kappa shape index (κ3) is 5.61. The van der Waals surface area contributed by atoms with Crippen LogP contribution in [0.3, 0.4) is 0 Å². The van der Waals surface area contributed by atoms with Crippen molar-refractivity contribution in [2.45, 2.75) is 105 Å². The van der Waals surface area contributed by atoms with E-state index in [0.29, 0.717) is 44.6 Å². The van der Waals surface area contributed by atoms with Gasteiger partial charge in [0.25, 0.3) is 0 Å². The Kier molecular flexibility index (Phi) is 9.16. The van der Waals surface area contributed by atoms with Gasteiger partial charge in [0.2, 0.25) is 0 Å². The first-order valence-corrected chi connectivity index (χ1v) is 17.8. The fourth-order valence-corrected chi connectivity index (χ4v) is 10.6. The molecule has 3 saturated carbocycles. The highest BCUT2D eigenvalue weighted by atomic mass is 32.2. The van der Waals surface area contributed by atoms with E-state index >= 15 is 8.78 Å².